The zero-order chi connectivity index (χ0) is 20.0. The Morgan fingerprint density at radius 3 is 1.79 bits per heavy atom. The van der Waals surface area contributed by atoms with Crippen LogP contribution in [0.3, 0.4) is 0 Å². The van der Waals surface area contributed by atoms with Crippen molar-refractivity contribution in [2.75, 3.05) is 28.4 Å². The molecule has 0 bridgehead atoms. The van der Waals surface area contributed by atoms with Crippen molar-refractivity contribution in [3.05, 3.63) is 42.2 Å². The number of nitrogens with zero attached hydrogens (tertiary/aromatic N) is 1. The topological polar surface area (TPSA) is 64.1 Å². The first kappa shape index (κ1) is 18.0. The quantitative estimate of drug-likeness (QED) is 0.310. The Kier molecular flexibility index (Phi) is 4.26. The van der Waals surface area contributed by atoms with Crippen LogP contribution in [0.15, 0.2) is 36.5 Å². The number of pyridine rings is 2. The molecule has 2 aromatic carbocycles. The van der Waals surface area contributed by atoms with Crippen molar-refractivity contribution in [2.24, 2.45) is 0 Å². The number of rotatable bonds is 4. The summed E-state index contributed by atoms with van der Waals surface area (Å²) in [5.74, 6) is 2.22. The van der Waals surface area contributed by atoms with Crippen LogP contribution in [0.1, 0.15) is 5.69 Å². The van der Waals surface area contributed by atoms with E-state index < -0.39 is 0 Å². The maximum Gasteiger partial charge on any atom is 0.211 e. The van der Waals surface area contributed by atoms with Gasteiger partial charge in [-0.1, -0.05) is 0 Å². The molecule has 0 unspecified atom stereocenters. The van der Waals surface area contributed by atoms with Gasteiger partial charge >= 0.3 is 0 Å². The highest BCUT2D eigenvalue weighted by Crippen LogP contribution is 2.40. The second-order valence-corrected chi connectivity index (χ2v) is 6.50. The number of benzene rings is 2. The summed E-state index contributed by atoms with van der Waals surface area (Å²) >= 11 is 0. The molecule has 6 heteroatoms. The number of fused-ring (bicyclic) bond motifs is 4. The molecule has 0 radical (unpaired) electrons. The van der Waals surface area contributed by atoms with Gasteiger partial charge in [0.2, 0.25) is 5.52 Å². The summed E-state index contributed by atoms with van der Waals surface area (Å²) in [5, 5.41) is 16.6. The van der Waals surface area contributed by atoms with Crippen LogP contribution in [0.2, 0.25) is 0 Å². The van der Waals surface area contributed by atoms with Crippen molar-refractivity contribution in [3.8, 4) is 28.7 Å². The van der Waals surface area contributed by atoms with Gasteiger partial charge in [-0.3, -0.25) is 0 Å². The Labute approximate surface area is 162 Å². The van der Waals surface area contributed by atoms with Gasteiger partial charge in [0.05, 0.1) is 39.2 Å². The fraction of sp³-hybridized carbons (Fsp3) is 0.227. The molecule has 6 nitrogen and oxygen atoms in total. The largest absolute Gasteiger partial charge is 0.868 e. The number of methoxy groups -OCH3 is 4. The van der Waals surface area contributed by atoms with Crippen molar-refractivity contribution >= 4 is 27.1 Å². The first-order valence-corrected chi connectivity index (χ1v) is 8.79. The zero-order valence-corrected chi connectivity index (χ0v) is 16.5. The van der Waals surface area contributed by atoms with E-state index in [-0.39, 0.29) is 5.75 Å². The van der Waals surface area contributed by atoms with E-state index in [9.17, 15) is 5.11 Å². The third-order valence-electron chi connectivity index (χ3n) is 5.19. The minimum atomic E-state index is -0.0839. The summed E-state index contributed by atoms with van der Waals surface area (Å²) in [7, 11) is 6.32. The molecule has 4 aromatic rings. The summed E-state index contributed by atoms with van der Waals surface area (Å²) in [4.78, 5) is 0. The molecule has 28 heavy (non-hydrogen) atoms. The Hall–Kier alpha value is -3.41. The van der Waals surface area contributed by atoms with Gasteiger partial charge in [0.15, 0.2) is 34.9 Å². The second kappa shape index (κ2) is 6.64. The average Bonchev–Trinajstić information content (AvgIpc) is 2.74. The summed E-state index contributed by atoms with van der Waals surface area (Å²) in [6, 6.07) is 9.27. The molecule has 0 aliphatic heterocycles. The summed E-state index contributed by atoms with van der Waals surface area (Å²) in [5.41, 5.74) is 1.51. The van der Waals surface area contributed by atoms with E-state index in [1.807, 2.05) is 41.8 Å². The van der Waals surface area contributed by atoms with Crippen LogP contribution >= 0.6 is 0 Å². The van der Waals surface area contributed by atoms with E-state index in [4.69, 9.17) is 18.9 Å². The fourth-order valence-electron chi connectivity index (χ4n) is 3.73. The number of aryl methyl sites for hydroxylation is 1. The highest BCUT2D eigenvalue weighted by molar-refractivity contribution is 6.04. The van der Waals surface area contributed by atoms with E-state index >= 15 is 0 Å². The Morgan fingerprint density at radius 2 is 1.21 bits per heavy atom. The van der Waals surface area contributed by atoms with Crippen LogP contribution < -0.4 is 28.5 Å². The van der Waals surface area contributed by atoms with Gasteiger partial charge in [0.1, 0.15) is 0 Å². The molecule has 0 fully saturated rings. The van der Waals surface area contributed by atoms with Gasteiger partial charge in [-0.15, -0.1) is 0 Å². The van der Waals surface area contributed by atoms with Crippen LogP contribution in [0.5, 0.6) is 28.7 Å². The number of aromatic nitrogens is 1. The van der Waals surface area contributed by atoms with E-state index in [0.717, 1.165) is 21.9 Å². The summed E-state index contributed by atoms with van der Waals surface area (Å²) in [6.07, 6.45) is 1.90. The molecule has 0 aliphatic rings. The molecule has 0 amide bonds. The highest BCUT2D eigenvalue weighted by Gasteiger charge is 2.20. The molecule has 0 spiro atoms. The molecule has 4 rings (SSSR count). The number of ether oxygens (including phenoxy) is 4. The first-order valence-electron chi connectivity index (χ1n) is 8.79. The minimum Gasteiger partial charge on any atom is -0.868 e. The molecule has 144 valence electrons. The van der Waals surface area contributed by atoms with Crippen LogP contribution in [0.25, 0.3) is 27.1 Å². The predicted molar refractivity (Wildman–Crippen MR) is 105 cm³/mol. The molecular weight excluding hydrogens is 358 g/mol. The lowest BCUT2D eigenvalue weighted by molar-refractivity contribution is -0.520. The fourth-order valence-corrected chi connectivity index (χ4v) is 3.73. The minimum absolute atomic E-state index is 0.0839. The molecule has 0 atom stereocenters. The SMILES string of the molecule is COc1cc2cc[n+]3c(C)c4cc(OC)c(OC)cc4c([O-])c3c2cc1OC. The Bertz CT molecular complexity index is 1230. The lowest BCUT2D eigenvalue weighted by atomic mass is 10.0. The van der Waals surface area contributed by atoms with Crippen LogP contribution in [0.4, 0.5) is 0 Å². The summed E-state index contributed by atoms with van der Waals surface area (Å²) < 4.78 is 23.6. The predicted octanol–water partition coefficient (Wildman–Crippen LogP) is 3.15. The smallest absolute Gasteiger partial charge is 0.211 e. The second-order valence-electron chi connectivity index (χ2n) is 6.50. The Morgan fingerprint density at radius 1 is 0.714 bits per heavy atom. The maximum atomic E-state index is 13.5. The number of hydrogen-bond acceptors (Lipinski definition) is 5. The first-order chi connectivity index (χ1) is 13.5. The normalized spacial score (nSPS) is 11.2. The van der Waals surface area contributed by atoms with Gasteiger partial charge in [-0.2, -0.15) is 4.40 Å². The van der Waals surface area contributed by atoms with E-state index in [1.54, 1.807) is 34.5 Å². The van der Waals surface area contributed by atoms with Gasteiger partial charge in [0, 0.05) is 13.0 Å². The molecule has 0 saturated carbocycles. The van der Waals surface area contributed by atoms with Crippen LogP contribution in [0, 0.1) is 6.92 Å². The molecule has 2 aromatic heterocycles. The zero-order valence-electron chi connectivity index (χ0n) is 16.5. The molecular formula is C22H21NO5. The third kappa shape index (κ3) is 2.45. The number of hydrogen-bond donors (Lipinski definition) is 0. The van der Waals surface area contributed by atoms with E-state index in [1.165, 1.54) is 0 Å². The van der Waals surface area contributed by atoms with Gasteiger partial charge < -0.3 is 24.1 Å². The van der Waals surface area contributed by atoms with E-state index in [0.29, 0.717) is 33.9 Å². The average molecular weight is 379 g/mol. The van der Waals surface area contributed by atoms with Gasteiger partial charge in [-0.25, -0.2) is 0 Å². The lowest BCUT2D eigenvalue weighted by Crippen LogP contribution is -2.27. The highest BCUT2D eigenvalue weighted by atomic mass is 16.5. The van der Waals surface area contributed by atoms with Crippen molar-refractivity contribution in [3.63, 3.8) is 0 Å². The monoisotopic (exact) mass is 379 g/mol. The maximum absolute atomic E-state index is 13.5. The van der Waals surface area contributed by atoms with Crippen molar-refractivity contribution in [1.82, 2.24) is 0 Å². The molecule has 0 aliphatic carbocycles. The van der Waals surface area contributed by atoms with E-state index in [2.05, 4.69) is 0 Å². The molecule has 0 N–H and O–H groups in total. The van der Waals surface area contributed by atoms with Gasteiger partial charge in [0.25, 0.3) is 0 Å². The van der Waals surface area contributed by atoms with Crippen molar-refractivity contribution in [1.29, 1.82) is 0 Å². The molecule has 0 saturated heterocycles. The third-order valence-corrected chi connectivity index (χ3v) is 5.19. The molecule has 2 heterocycles. The Balaban J connectivity index is 2.20. The van der Waals surface area contributed by atoms with Crippen LogP contribution in [-0.4, -0.2) is 28.4 Å². The van der Waals surface area contributed by atoms with Crippen molar-refractivity contribution < 1.29 is 28.5 Å². The van der Waals surface area contributed by atoms with Crippen molar-refractivity contribution in [2.45, 2.75) is 6.92 Å². The van der Waals surface area contributed by atoms with Crippen LogP contribution in [-0.2, 0) is 0 Å². The summed E-state index contributed by atoms with van der Waals surface area (Å²) in [6.45, 7) is 1.98. The lowest BCUT2D eigenvalue weighted by Gasteiger charge is -2.17. The van der Waals surface area contributed by atoms with Gasteiger partial charge in [-0.05, 0) is 40.8 Å². The standard InChI is InChI=1S/C22H21NO5/c1-12-14-9-18(26-3)20(28-5)11-16(14)22(24)21-15-10-19(27-4)17(25-2)8-13(15)6-7-23(12)21/h6-11H,1-5H3.